The van der Waals surface area contributed by atoms with Gasteiger partial charge < -0.3 is 19.9 Å². The van der Waals surface area contributed by atoms with Gasteiger partial charge in [0.05, 0.1) is 18.7 Å². The fraction of sp³-hybridized carbons (Fsp3) is 0.471. The second-order valence-electron chi connectivity index (χ2n) is 5.23. The maximum Gasteiger partial charge on any atom is 0.408 e. The minimum absolute atomic E-state index is 0. The number of amides is 1. The summed E-state index contributed by atoms with van der Waals surface area (Å²) in [5, 5.41) is 11.3. The number of hydrogen-bond acceptors (Lipinski definition) is 4. The molecule has 1 amide bonds. The maximum absolute atomic E-state index is 11.4. The largest absolute Gasteiger partial charge is 0.490 e. The molecule has 0 aliphatic carbocycles. The zero-order valence-electron chi connectivity index (χ0n) is 12.6. The first-order chi connectivity index (χ1) is 9.92. The van der Waals surface area contributed by atoms with Crippen LogP contribution in [0.15, 0.2) is 24.3 Å². The average Bonchev–Trinajstić information content (AvgIpc) is 2.40. The van der Waals surface area contributed by atoms with E-state index in [9.17, 15) is 4.79 Å². The fourth-order valence-electron chi connectivity index (χ4n) is 1.42. The van der Waals surface area contributed by atoms with Crippen molar-refractivity contribution in [3.05, 3.63) is 29.8 Å². The number of hydrogen-bond donors (Lipinski definition) is 2. The van der Waals surface area contributed by atoms with Crippen LogP contribution >= 0.6 is 0 Å². The molecule has 0 saturated carbocycles. The topological polar surface area (TPSA) is 67.8 Å². The molecule has 0 aromatic heterocycles. The highest BCUT2D eigenvalue weighted by molar-refractivity contribution is 5.68. The van der Waals surface area contributed by atoms with Crippen LogP contribution in [0.4, 0.5) is 4.79 Å². The number of alkyl carbamates (subject to hydrolysis) is 1. The minimum atomic E-state index is -0.526. The lowest BCUT2D eigenvalue weighted by atomic mass is 10.2. The smallest absolute Gasteiger partial charge is 0.408 e. The summed E-state index contributed by atoms with van der Waals surface area (Å²) in [4.78, 5) is 11.4. The molecule has 5 nitrogen and oxygen atoms in total. The van der Waals surface area contributed by atoms with Crippen molar-refractivity contribution in [2.75, 3.05) is 19.8 Å². The summed E-state index contributed by atoms with van der Waals surface area (Å²) in [5.74, 6) is 6.35. The van der Waals surface area contributed by atoms with Crippen molar-refractivity contribution >= 4 is 6.09 Å². The number of carbonyl (C=O) groups excluding carboxylic acids is 1. The van der Waals surface area contributed by atoms with Crippen LogP contribution in [0.5, 0.6) is 5.75 Å². The Morgan fingerprint density at radius 3 is 2.64 bits per heavy atom. The van der Waals surface area contributed by atoms with Gasteiger partial charge in [-0.1, -0.05) is 31.4 Å². The van der Waals surface area contributed by atoms with Crippen molar-refractivity contribution in [1.82, 2.24) is 5.32 Å². The van der Waals surface area contributed by atoms with Gasteiger partial charge in [-0.05, 0) is 32.9 Å². The van der Waals surface area contributed by atoms with Crippen LogP contribution in [0.25, 0.3) is 0 Å². The second kappa shape index (κ2) is 9.69. The van der Waals surface area contributed by atoms with Gasteiger partial charge in [-0.15, -0.1) is 0 Å². The Balaban J connectivity index is 0.00000441. The number of rotatable bonds is 4. The molecule has 0 aliphatic heterocycles. The number of aliphatic hydroxyl groups is 1. The van der Waals surface area contributed by atoms with Crippen molar-refractivity contribution in [3.8, 4) is 17.6 Å². The van der Waals surface area contributed by atoms with Crippen molar-refractivity contribution in [2.24, 2.45) is 0 Å². The van der Waals surface area contributed by atoms with E-state index in [-0.39, 0.29) is 27.2 Å². The predicted octanol–water partition coefficient (Wildman–Crippen LogP) is 2.57. The fourth-order valence-corrected chi connectivity index (χ4v) is 1.42. The number of carbonyl (C=O) groups is 1. The number of ether oxygens (including phenoxy) is 2. The summed E-state index contributed by atoms with van der Waals surface area (Å²) >= 11 is 0. The molecule has 1 rings (SSSR count). The van der Waals surface area contributed by atoms with Gasteiger partial charge >= 0.3 is 6.09 Å². The van der Waals surface area contributed by atoms with Crippen LogP contribution < -0.4 is 10.1 Å². The lowest BCUT2D eigenvalue weighted by Crippen LogP contribution is -2.32. The van der Waals surface area contributed by atoms with Gasteiger partial charge in [0.15, 0.2) is 0 Å². The summed E-state index contributed by atoms with van der Waals surface area (Å²) < 4.78 is 10.5. The second-order valence-corrected chi connectivity index (χ2v) is 5.23. The van der Waals surface area contributed by atoms with E-state index in [1.165, 1.54) is 0 Å². The van der Waals surface area contributed by atoms with Crippen molar-refractivity contribution in [2.45, 2.75) is 33.8 Å². The first-order valence-corrected chi connectivity index (χ1v) is 6.71. The molecule has 0 atom stereocenters. The number of aliphatic hydroxyl groups excluding tert-OH is 1. The molecule has 0 bridgehead atoms. The standard InChI is InChI=1S/C16H21NO4.CH4/c1-16(2,3)21-15(19)17-10-6-8-13-7-4-5-9-14(13)20-12-11-18;/h4-5,7,9,18H,10-12H2,1-3H3,(H,17,19);1H4. The highest BCUT2D eigenvalue weighted by Crippen LogP contribution is 2.16. The van der Waals surface area contributed by atoms with Crippen LogP contribution in [0.2, 0.25) is 0 Å². The maximum atomic E-state index is 11.4. The molecule has 0 spiro atoms. The first kappa shape index (κ1) is 19.8. The quantitative estimate of drug-likeness (QED) is 0.839. The Hall–Kier alpha value is -2.19. The van der Waals surface area contributed by atoms with E-state index in [4.69, 9.17) is 14.6 Å². The molecule has 0 radical (unpaired) electrons. The number of para-hydroxylation sites is 1. The van der Waals surface area contributed by atoms with E-state index in [0.29, 0.717) is 11.3 Å². The van der Waals surface area contributed by atoms with Gasteiger partial charge in [0.1, 0.15) is 18.0 Å². The summed E-state index contributed by atoms with van der Waals surface area (Å²) in [5.41, 5.74) is 0.180. The molecular formula is C17H25NO4. The highest BCUT2D eigenvalue weighted by Gasteiger charge is 2.14. The Labute approximate surface area is 132 Å². The summed E-state index contributed by atoms with van der Waals surface area (Å²) in [6.07, 6.45) is -0.499. The zero-order valence-corrected chi connectivity index (χ0v) is 12.6. The molecule has 1 aromatic carbocycles. The van der Waals surface area contributed by atoms with Gasteiger partial charge in [0.25, 0.3) is 0 Å². The number of nitrogens with one attached hydrogen (secondary N) is 1. The summed E-state index contributed by atoms with van der Waals surface area (Å²) in [6, 6.07) is 7.27. The first-order valence-electron chi connectivity index (χ1n) is 6.71. The molecule has 122 valence electrons. The molecule has 2 N–H and O–H groups in total. The van der Waals surface area contributed by atoms with Crippen molar-refractivity contribution in [3.63, 3.8) is 0 Å². The summed E-state index contributed by atoms with van der Waals surface area (Å²) in [6.45, 7) is 5.74. The Bertz CT molecular complexity index is 523. The van der Waals surface area contributed by atoms with Crippen LogP contribution in [-0.4, -0.2) is 36.6 Å². The molecule has 0 aliphatic rings. The van der Waals surface area contributed by atoms with Gasteiger partial charge in [-0.25, -0.2) is 4.79 Å². The Kier molecular flexibility index (Phi) is 8.73. The zero-order chi connectivity index (χ0) is 15.7. The lowest BCUT2D eigenvalue weighted by molar-refractivity contribution is 0.0535. The Morgan fingerprint density at radius 1 is 1.32 bits per heavy atom. The van der Waals surface area contributed by atoms with Crippen LogP contribution in [0, 0.1) is 11.8 Å². The third-order valence-electron chi connectivity index (χ3n) is 2.18. The summed E-state index contributed by atoms with van der Waals surface area (Å²) in [7, 11) is 0. The van der Waals surface area contributed by atoms with E-state index in [1.54, 1.807) is 26.8 Å². The van der Waals surface area contributed by atoms with E-state index < -0.39 is 11.7 Å². The molecule has 0 heterocycles. The molecule has 22 heavy (non-hydrogen) atoms. The molecule has 0 saturated heterocycles. The SMILES string of the molecule is C.CC(C)(C)OC(=O)NCC#Cc1ccccc1OCCO. The van der Waals surface area contributed by atoms with Gasteiger partial charge in [-0.2, -0.15) is 0 Å². The Morgan fingerprint density at radius 2 is 2.00 bits per heavy atom. The lowest BCUT2D eigenvalue weighted by Gasteiger charge is -2.19. The van der Waals surface area contributed by atoms with E-state index in [2.05, 4.69) is 17.2 Å². The van der Waals surface area contributed by atoms with E-state index >= 15 is 0 Å². The minimum Gasteiger partial charge on any atom is -0.490 e. The third-order valence-corrected chi connectivity index (χ3v) is 2.18. The number of benzene rings is 1. The molecule has 5 heteroatoms. The van der Waals surface area contributed by atoms with Gasteiger partial charge in [-0.3, -0.25) is 0 Å². The van der Waals surface area contributed by atoms with Crippen molar-refractivity contribution in [1.29, 1.82) is 0 Å². The normalized spacial score (nSPS) is 9.82. The average molecular weight is 307 g/mol. The van der Waals surface area contributed by atoms with E-state index in [1.807, 2.05) is 18.2 Å². The molecule has 0 unspecified atom stereocenters. The monoisotopic (exact) mass is 307 g/mol. The molecule has 1 aromatic rings. The van der Waals surface area contributed by atoms with E-state index in [0.717, 1.165) is 0 Å². The predicted molar refractivity (Wildman–Crippen MR) is 86.9 cm³/mol. The van der Waals surface area contributed by atoms with Crippen molar-refractivity contribution < 1.29 is 19.4 Å². The van der Waals surface area contributed by atoms with Crippen LogP contribution in [0.3, 0.4) is 0 Å². The highest BCUT2D eigenvalue weighted by atomic mass is 16.6. The van der Waals surface area contributed by atoms with Gasteiger partial charge in [0.2, 0.25) is 0 Å². The van der Waals surface area contributed by atoms with Crippen LogP contribution in [-0.2, 0) is 4.74 Å². The van der Waals surface area contributed by atoms with Gasteiger partial charge in [0, 0.05) is 0 Å². The van der Waals surface area contributed by atoms with Crippen LogP contribution in [0.1, 0.15) is 33.8 Å². The molecule has 0 fully saturated rings. The third kappa shape index (κ3) is 8.18. The molecular weight excluding hydrogens is 282 g/mol.